The average molecular weight is 367 g/mol. The molecule has 0 fully saturated rings. The van der Waals surface area contributed by atoms with E-state index in [1.807, 2.05) is 38.1 Å². The summed E-state index contributed by atoms with van der Waals surface area (Å²) in [5.74, 6) is -0.474. The van der Waals surface area contributed by atoms with Crippen LogP contribution in [0.3, 0.4) is 0 Å². The second kappa shape index (κ2) is 6.87. The summed E-state index contributed by atoms with van der Waals surface area (Å²) in [7, 11) is 0. The molecule has 0 unspecified atom stereocenters. The van der Waals surface area contributed by atoms with Crippen molar-refractivity contribution in [1.29, 1.82) is 0 Å². The number of hydrogen-bond donors (Lipinski definition) is 2. The second-order valence-corrected chi connectivity index (χ2v) is 6.80. The lowest BCUT2D eigenvalue weighted by Crippen LogP contribution is -2.32. The van der Waals surface area contributed by atoms with Crippen molar-refractivity contribution in [2.75, 3.05) is 11.9 Å². The van der Waals surface area contributed by atoms with Crippen molar-refractivity contribution in [1.82, 2.24) is 5.32 Å². The minimum Gasteiger partial charge on any atom is -0.342 e. The summed E-state index contributed by atoms with van der Waals surface area (Å²) in [5, 5.41) is 5.39. The van der Waals surface area contributed by atoms with Crippen molar-refractivity contribution in [2.45, 2.75) is 13.8 Å². The number of thiophene rings is 1. The number of carbonyl (C=O) groups is 2. The van der Waals surface area contributed by atoms with Crippen LogP contribution in [-0.4, -0.2) is 18.4 Å². The number of nitrogens with one attached hydrogen (secondary N) is 2. The number of halogens is 1. The number of aryl methyl sites for hydroxylation is 2. The van der Waals surface area contributed by atoms with Crippen molar-refractivity contribution in [2.24, 2.45) is 0 Å². The smallest absolute Gasteiger partial charge is 0.261 e. The van der Waals surface area contributed by atoms with E-state index in [-0.39, 0.29) is 18.4 Å². The van der Waals surface area contributed by atoms with Gasteiger partial charge in [-0.15, -0.1) is 11.3 Å². The Bertz CT molecular complexity index is 682. The van der Waals surface area contributed by atoms with Gasteiger partial charge in [-0.3, -0.25) is 9.59 Å². The van der Waals surface area contributed by atoms with Gasteiger partial charge in [0.05, 0.1) is 11.4 Å². The number of carbonyl (C=O) groups excluding carboxylic acids is 2. The largest absolute Gasteiger partial charge is 0.342 e. The van der Waals surface area contributed by atoms with Crippen LogP contribution in [0.2, 0.25) is 0 Å². The quantitative estimate of drug-likeness (QED) is 0.869. The zero-order chi connectivity index (χ0) is 15.4. The minimum absolute atomic E-state index is 0.0503. The first kappa shape index (κ1) is 15.7. The van der Waals surface area contributed by atoms with Crippen LogP contribution in [-0.2, 0) is 4.79 Å². The molecule has 0 saturated carbocycles. The van der Waals surface area contributed by atoms with E-state index in [9.17, 15) is 9.59 Å². The second-order valence-electron chi connectivity index (χ2n) is 4.60. The van der Waals surface area contributed by atoms with Crippen LogP contribution in [0.5, 0.6) is 0 Å². The average Bonchev–Trinajstić information content (AvgIpc) is 2.86. The third-order valence-electron chi connectivity index (χ3n) is 2.84. The molecule has 2 amide bonds. The van der Waals surface area contributed by atoms with Crippen molar-refractivity contribution in [3.63, 3.8) is 0 Å². The maximum Gasteiger partial charge on any atom is 0.261 e. The molecule has 2 N–H and O–H groups in total. The standard InChI is InChI=1S/C15H15BrN2O2S/c1-9-7-11(16)4-5-12(9)18-14(19)8-17-15(20)13-6-3-10(2)21-13/h3-7H,8H2,1-2H3,(H,17,20)(H,18,19). The van der Waals surface area contributed by atoms with Gasteiger partial charge in [0.1, 0.15) is 0 Å². The zero-order valence-corrected chi connectivity index (χ0v) is 14.1. The molecule has 0 saturated heterocycles. The molecule has 110 valence electrons. The summed E-state index contributed by atoms with van der Waals surface area (Å²) in [6, 6.07) is 9.23. The first-order chi connectivity index (χ1) is 9.95. The molecule has 0 aliphatic heterocycles. The fraction of sp³-hybridized carbons (Fsp3) is 0.200. The van der Waals surface area contributed by atoms with Gasteiger partial charge in [-0.05, 0) is 49.7 Å². The molecule has 0 spiro atoms. The molecule has 0 aliphatic rings. The Hall–Kier alpha value is -1.66. The molecule has 0 radical (unpaired) electrons. The highest BCUT2D eigenvalue weighted by Crippen LogP contribution is 2.19. The molecule has 2 aromatic rings. The molecule has 21 heavy (non-hydrogen) atoms. The number of hydrogen-bond acceptors (Lipinski definition) is 3. The molecule has 0 bridgehead atoms. The van der Waals surface area contributed by atoms with E-state index in [0.717, 1.165) is 20.6 Å². The number of rotatable bonds is 4. The summed E-state index contributed by atoms with van der Waals surface area (Å²) < 4.78 is 0.958. The Morgan fingerprint density at radius 2 is 1.95 bits per heavy atom. The van der Waals surface area contributed by atoms with Crippen LogP contribution in [0.4, 0.5) is 5.69 Å². The minimum atomic E-state index is -0.248. The van der Waals surface area contributed by atoms with Gasteiger partial charge >= 0.3 is 0 Å². The van der Waals surface area contributed by atoms with E-state index < -0.39 is 0 Å². The lowest BCUT2D eigenvalue weighted by Gasteiger charge is -2.09. The van der Waals surface area contributed by atoms with E-state index in [0.29, 0.717) is 4.88 Å². The van der Waals surface area contributed by atoms with E-state index >= 15 is 0 Å². The van der Waals surface area contributed by atoms with Gasteiger partial charge in [-0.2, -0.15) is 0 Å². The van der Waals surface area contributed by atoms with Gasteiger partial charge in [-0.1, -0.05) is 15.9 Å². The normalized spacial score (nSPS) is 10.2. The Morgan fingerprint density at radius 3 is 2.57 bits per heavy atom. The molecule has 0 atom stereocenters. The van der Waals surface area contributed by atoms with Crippen LogP contribution < -0.4 is 10.6 Å². The fourth-order valence-electron chi connectivity index (χ4n) is 1.77. The highest BCUT2D eigenvalue weighted by atomic mass is 79.9. The molecule has 1 heterocycles. The summed E-state index contributed by atoms with van der Waals surface area (Å²) in [5.41, 5.74) is 1.70. The first-order valence-electron chi connectivity index (χ1n) is 6.36. The van der Waals surface area contributed by atoms with Gasteiger partial charge in [0.25, 0.3) is 5.91 Å². The maximum absolute atomic E-state index is 11.9. The van der Waals surface area contributed by atoms with Crippen molar-refractivity contribution in [3.05, 3.63) is 50.1 Å². The number of benzene rings is 1. The van der Waals surface area contributed by atoms with E-state index in [2.05, 4.69) is 26.6 Å². The monoisotopic (exact) mass is 366 g/mol. The molecule has 1 aromatic heterocycles. The SMILES string of the molecule is Cc1ccc(C(=O)NCC(=O)Nc2ccc(Br)cc2C)s1. The van der Waals surface area contributed by atoms with Gasteiger partial charge in [-0.25, -0.2) is 0 Å². The Balaban J connectivity index is 1.89. The third-order valence-corrected chi connectivity index (χ3v) is 4.33. The highest BCUT2D eigenvalue weighted by molar-refractivity contribution is 9.10. The molecule has 0 aliphatic carbocycles. The van der Waals surface area contributed by atoms with Crippen LogP contribution in [0.15, 0.2) is 34.8 Å². The summed E-state index contributed by atoms with van der Waals surface area (Å²) in [6.45, 7) is 3.79. The van der Waals surface area contributed by atoms with Crippen LogP contribution in [0.1, 0.15) is 20.1 Å². The predicted octanol–water partition coefficient (Wildman–Crippen LogP) is 3.50. The van der Waals surface area contributed by atoms with Crippen LogP contribution in [0, 0.1) is 13.8 Å². The van der Waals surface area contributed by atoms with Crippen LogP contribution >= 0.6 is 27.3 Å². The molecule has 2 rings (SSSR count). The number of anilines is 1. The first-order valence-corrected chi connectivity index (χ1v) is 7.97. The molecular weight excluding hydrogens is 352 g/mol. The highest BCUT2D eigenvalue weighted by Gasteiger charge is 2.10. The van der Waals surface area contributed by atoms with E-state index in [1.165, 1.54) is 11.3 Å². The molecule has 6 heteroatoms. The molecule has 1 aromatic carbocycles. The Morgan fingerprint density at radius 1 is 1.19 bits per heavy atom. The maximum atomic E-state index is 11.9. The number of amides is 2. The van der Waals surface area contributed by atoms with Crippen molar-refractivity contribution < 1.29 is 9.59 Å². The zero-order valence-electron chi connectivity index (χ0n) is 11.7. The fourth-order valence-corrected chi connectivity index (χ4v) is 3.03. The van der Waals surface area contributed by atoms with Gasteiger partial charge in [0.15, 0.2) is 0 Å². The summed E-state index contributed by atoms with van der Waals surface area (Å²) >= 11 is 4.78. The van der Waals surface area contributed by atoms with Gasteiger partial charge in [0.2, 0.25) is 5.91 Å². The van der Waals surface area contributed by atoms with Gasteiger partial charge in [0, 0.05) is 15.0 Å². The predicted molar refractivity (Wildman–Crippen MR) is 88.9 cm³/mol. The van der Waals surface area contributed by atoms with E-state index in [1.54, 1.807) is 6.07 Å². The van der Waals surface area contributed by atoms with Crippen molar-refractivity contribution in [3.8, 4) is 0 Å². The summed E-state index contributed by atoms with van der Waals surface area (Å²) in [4.78, 5) is 25.4. The van der Waals surface area contributed by atoms with Crippen molar-refractivity contribution >= 4 is 44.8 Å². The summed E-state index contributed by atoms with van der Waals surface area (Å²) in [6.07, 6.45) is 0. The Labute approximate surface area is 135 Å². The topological polar surface area (TPSA) is 58.2 Å². The lowest BCUT2D eigenvalue weighted by atomic mass is 10.2. The molecular formula is C15H15BrN2O2S. The van der Waals surface area contributed by atoms with Crippen LogP contribution in [0.25, 0.3) is 0 Å². The lowest BCUT2D eigenvalue weighted by molar-refractivity contribution is -0.115. The molecule has 4 nitrogen and oxygen atoms in total. The van der Waals surface area contributed by atoms with E-state index in [4.69, 9.17) is 0 Å². The van der Waals surface area contributed by atoms with Gasteiger partial charge < -0.3 is 10.6 Å². The Kier molecular flexibility index (Phi) is 5.14. The third kappa shape index (κ3) is 4.41.